The van der Waals surface area contributed by atoms with Crippen LogP contribution in [0.3, 0.4) is 0 Å². The molecule has 1 aliphatic rings. The normalized spacial score (nSPS) is 16.9. The molecule has 1 aromatic heterocycles. The number of methoxy groups -OCH3 is 3. The zero-order valence-corrected chi connectivity index (χ0v) is 20.8. The molecule has 1 saturated heterocycles. The maximum atomic E-state index is 13.8. The third kappa shape index (κ3) is 4.05. The number of carbonyl (C=O) groups is 2. The molecule has 10 heteroatoms. The van der Waals surface area contributed by atoms with Crippen LogP contribution in [0.5, 0.6) is 17.2 Å². The molecule has 0 bridgehead atoms. The van der Waals surface area contributed by atoms with Crippen molar-refractivity contribution in [3.8, 4) is 17.2 Å². The van der Waals surface area contributed by atoms with Gasteiger partial charge in [-0.15, -0.1) is 0 Å². The van der Waals surface area contributed by atoms with Crippen molar-refractivity contribution >= 4 is 44.1 Å². The number of halogens is 1. The largest absolute Gasteiger partial charge is 0.506 e. The minimum Gasteiger partial charge on any atom is -0.506 e. The molecule has 1 N–H and O–H groups in total. The second-order valence-electron chi connectivity index (χ2n) is 8.09. The molecular formula is C27H21FN2O6S. The summed E-state index contributed by atoms with van der Waals surface area (Å²) >= 11 is 1.07. The Hall–Kier alpha value is -4.44. The van der Waals surface area contributed by atoms with Crippen molar-refractivity contribution in [1.29, 1.82) is 0 Å². The minimum atomic E-state index is -1.04. The molecule has 1 aliphatic heterocycles. The number of aromatic nitrogens is 1. The summed E-state index contributed by atoms with van der Waals surface area (Å²) in [5.41, 5.74) is 0.975. The number of aliphatic hydroxyl groups excluding tert-OH is 1. The monoisotopic (exact) mass is 520 g/mol. The summed E-state index contributed by atoms with van der Waals surface area (Å²) in [6.45, 7) is 0. The zero-order chi connectivity index (χ0) is 26.3. The Morgan fingerprint density at radius 1 is 0.973 bits per heavy atom. The summed E-state index contributed by atoms with van der Waals surface area (Å²) in [5, 5.41) is 11.7. The van der Waals surface area contributed by atoms with Crippen molar-refractivity contribution in [2.45, 2.75) is 6.04 Å². The van der Waals surface area contributed by atoms with E-state index in [2.05, 4.69) is 4.98 Å². The Bertz CT molecular complexity index is 1540. The quantitative estimate of drug-likeness (QED) is 0.215. The second kappa shape index (κ2) is 9.55. The number of rotatable bonds is 6. The summed E-state index contributed by atoms with van der Waals surface area (Å²) in [6.07, 6.45) is 0. The van der Waals surface area contributed by atoms with E-state index in [1.54, 1.807) is 42.5 Å². The summed E-state index contributed by atoms with van der Waals surface area (Å²) in [7, 11) is 4.37. The van der Waals surface area contributed by atoms with E-state index in [1.165, 1.54) is 44.4 Å². The van der Waals surface area contributed by atoms with Crippen LogP contribution in [-0.4, -0.2) is 43.1 Å². The number of Topliss-reactive ketones (excluding diaryl/α,β-unsaturated/α-hetero) is 1. The highest BCUT2D eigenvalue weighted by Crippen LogP contribution is 2.46. The molecule has 0 radical (unpaired) electrons. The van der Waals surface area contributed by atoms with Crippen LogP contribution in [0.25, 0.3) is 16.0 Å². The molecule has 188 valence electrons. The summed E-state index contributed by atoms with van der Waals surface area (Å²) in [4.78, 5) is 32.6. The van der Waals surface area contributed by atoms with E-state index in [0.717, 1.165) is 11.3 Å². The predicted molar refractivity (Wildman–Crippen MR) is 137 cm³/mol. The fourth-order valence-corrected chi connectivity index (χ4v) is 5.36. The van der Waals surface area contributed by atoms with Crippen LogP contribution in [-0.2, 0) is 9.59 Å². The first-order chi connectivity index (χ1) is 17.9. The fourth-order valence-electron chi connectivity index (χ4n) is 4.34. The van der Waals surface area contributed by atoms with E-state index in [1.807, 2.05) is 0 Å². The van der Waals surface area contributed by atoms with E-state index < -0.39 is 29.3 Å². The number of anilines is 1. The Balaban J connectivity index is 1.77. The van der Waals surface area contributed by atoms with Gasteiger partial charge < -0.3 is 19.3 Å². The maximum absolute atomic E-state index is 13.8. The van der Waals surface area contributed by atoms with Crippen LogP contribution in [0.1, 0.15) is 17.2 Å². The molecule has 1 fully saturated rings. The zero-order valence-electron chi connectivity index (χ0n) is 20.0. The highest BCUT2D eigenvalue weighted by molar-refractivity contribution is 7.22. The molecule has 0 saturated carbocycles. The van der Waals surface area contributed by atoms with Crippen LogP contribution in [0.15, 0.2) is 66.2 Å². The number of nitrogens with zero attached hydrogens (tertiary/aromatic N) is 2. The molecule has 8 nitrogen and oxygen atoms in total. The fraction of sp³-hybridized carbons (Fsp3) is 0.148. The molecule has 0 aliphatic carbocycles. The van der Waals surface area contributed by atoms with E-state index in [4.69, 9.17) is 14.2 Å². The molecule has 0 spiro atoms. The average Bonchev–Trinajstić information content (AvgIpc) is 3.45. The van der Waals surface area contributed by atoms with Gasteiger partial charge in [-0.25, -0.2) is 9.37 Å². The molecule has 1 amide bonds. The lowest BCUT2D eigenvalue weighted by Crippen LogP contribution is -2.29. The predicted octanol–water partition coefficient (Wildman–Crippen LogP) is 5.09. The summed E-state index contributed by atoms with van der Waals surface area (Å²) in [6, 6.07) is 14.7. The number of thiazole rings is 1. The van der Waals surface area contributed by atoms with Gasteiger partial charge in [-0.1, -0.05) is 29.5 Å². The molecule has 1 unspecified atom stereocenters. The SMILES string of the molecule is COc1ccc(C2/C(=C(\O)c3c(OC)cccc3OC)C(=O)C(=O)N2c2nc3ccc(F)cc3s2)cc1. The van der Waals surface area contributed by atoms with Gasteiger partial charge in [0.05, 0.1) is 43.2 Å². The number of ether oxygens (including phenoxy) is 3. The average molecular weight is 521 g/mol. The van der Waals surface area contributed by atoms with Crippen molar-refractivity contribution in [2.75, 3.05) is 26.2 Å². The van der Waals surface area contributed by atoms with Gasteiger partial charge in [-0.2, -0.15) is 0 Å². The maximum Gasteiger partial charge on any atom is 0.301 e. The van der Waals surface area contributed by atoms with Gasteiger partial charge in [-0.3, -0.25) is 14.5 Å². The number of amides is 1. The lowest BCUT2D eigenvalue weighted by atomic mass is 9.94. The van der Waals surface area contributed by atoms with Gasteiger partial charge in [0, 0.05) is 0 Å². The van der Waals surface area contributed by atoms with Crippen molar-refractivity contribution in [3.63, 3.8) is 0 Å². The van der Waals surface area contributed by atoms with Gasteiger partial charge in [0.15, 0.2) is 5.13 Å². The Morgan fingerprint density at radius 3 is 2.27 bits per heavy atom. The smallest absolute Gasteiger partial charge is 0.301 e. The van der Waals surface area contributed by atoms with Gasteiger partial charge in [0.2, 0.25) is 0 Å². The summed E-state index contributed by atoms with van der Waals surface area (Å²) in [5.74, 6) is -1.60. The second-order valence-corrected chi connectivity index (χ2v) is 9.10. The number of fused-ring (bicyclic) bond motifs is 1. The van der Waals surface area contributed by atoms with Crippen LogP contribution in [0, 0.1) is 5.82 Å². The molecule has 5 rings (SSSR count). The Morgan fingerprint density at radius 2 is 1.65 bits per heavy atom. The first-order valence-corrected chi connectivity index (χ1v) is 11.9. The van der Waals surface area contributed by atoms with Gasteiger partial charge in [0.1, 0.15) is 34.4 Å². The summed E-state index contributed by atoms with van der Waals surface area (Å²) < 4.78 is 30.4. The number of hydrogen-bond donors (Lipinski definition) is 1. The van der Waals surface area contributed by atoms with Gasteiger partial charge in [-0.05, 0) is 48.0 Å². The molecule has 1 atom stereocenters. The van der Waals surface area contributed by atoms with Crippen molar-refractivity contribution in [1.82, 2.24) is 4.98 Å². The number of hydrogen-bond acceptors (Lipinski definition) is 8. The standard InChI is InChI=1S/C27H21FN2O6S/c1-34-16-10-7-14(8-11-16)23-22(24(31)21-18(35-2)5-4-6-19(21)36-3)25(32)26(33)30(23)27-29-17-12-9-15(28)13-20(17)37-27/h4-13,23,31H,1-3H3/b24-22+. The minimum absolute atomic E-state index is 0.135. The number of carbonyl (C=O) groups excluding carboxylic acids is 2. The lowest BCUT2D eigenvalue weighted by molar-refractivity contribution is -0.132. The van der Waals surface area contributed by atoms with Gasteiger partial charge >= 0.3 is 5.91 Å². The molecular weight excluding hydrogens is 499 g/mol. The number of aliphatic hydroxyl groups is 1. The first kappa shape index (κ1) is 24.3. The van der Waals surface area contributed by atoms with Gasteiger partial charge in [0.25, 0.3) is 5.78 Å². The molecule has 2 heterocycles. The van der Waals surface area contributed by atoms with E-state index in [-0.39, 0.29) is 27.8 Å². The van der Waals surface area contributed by atoms with E-state index >= 15 is 0 Å². The van der Waals surface area contributed by atoms with Crippen LogP contribution < -0.4 is 19.1 Å². The van der Waals surface area contributed by atoms with Crippen LogP contribution in [0.2, 0.25) is 0 Å². The van der Waals surface area contributed by atoms with Crippen LogP contribution >= 0.6 is 11.3 Å². The Labute approximate surface area is 215 Å². The molecule has 3 aromatic carbocycles. The number of ketones is 1. The molecule has 4 aromatic rings. The topological polar surface area (TPSA) is 98.2 Å². The third-order valence-corrected chi connectivity index (χ3v) is 7.10. The Kier molecular flexibility index (Phi) is 6.26. The van der Waals surface area contributed by atoms with E-state index in [0.29, 0.717) is 21.5 Å². The van der Waals surface area contributed by atoms with E-state index in [9.17, 15) is 19.1 Å². The third-order valence-electron chi connectivity index (χ3n) is 6.09. The van der Waals surface area contributed by atoms with Crippen molar-refractivity contribution < 1.29 is 33.3 Å². The number of benzene rings is 3. The van der Waals surface area contributed by atoms with Crippen LogP contribution in [0.4, 0.5) is 9.52 Å². The highest BCUT2D eigenvalue weighted by Gasteiger charge is 2.48. The lowest BCUT2D eigenvalue weighted by Gasteiger charge is -2.23. The molecule has 37 heavy (non-hydrogen) atoms. The first-order valence-electron chi connectivity index (χ1n) is 11.1. The van der Waals surface area contributed by atoms with Crippen molar-refractivity contribution in [3.05, 3.63) is 83.2 Å². The highest BCUT2D eigenvalue weighted by atomic mass is 32.1. The van der Waals surface area contributed by atoms with Crippen molar-refractivity contribution in [2.24, 2.45) is 0 Å².